The van der Waals surface area contributed by atoms with Gasteiger partial charge in [-0.1, -0.05) is 46.8 Å². The van der Waals surface area contributed by atoms with Gasteiger partial charge in [-0.25, -0.2) is 4.39 Å². The summed E-state index contributed by atoms with van der Waals surface area (Å²) in [5.74, 6) is 0.542. The molecule has 3 nitrogen and oxygen atoms in total. The van der Waals surface area contributed by atoms with Gasteiger partial charge >= 0.3 is 0 Å². The van der Waals surface area contributed by atoms with Crippen LogP contribution in [0.2, 0.25) is 18.1 Å². The molecule has 31 heavy (non-hydrogen) atoms. The number of hydrogen-bond donors (Lipinski definition) is 0. The predicted molar refractivity (Wildman–Crippen MR) is 128 cm³/mol. The van der Waals surface area contributed by atoms with Crippen LogP contribution < -0.4 is 0 Å². The molecule has 0 amide bonds. The molecule has 1 saturated carbocycles. The van der Waals surface area contributed by atoms with Crippen molar-refractivity contribution in [1.82, 2.24) is 4.98 Å². The monoisotopic (exact) mass is 443 g/mol. The number of rotatable bonds is 8. The zero-order valence-corrected chi connectivity index (χ0v) is 21.4. The average molecular weight is 444 g/mol. The fraction of sp³-hybridized carbons (Fsp3) is 0.577. The summed E-state index contributed by atoms with van der Waals surface area (Å²) >= 11 is 0. The molecule has 2 aromatic rings. The van der Waals surface area contributed by atoms with Crippen LogP contribution in [-0.2, 0) is 22.4 Å². The third kappa shape index (κ3) is 5.27. The third-order valence-corrected chi connectivity index (χ3v) is 11.3. The Balaban J connectivity index is 2.23. The fourth-order valence-electron chi connectivity index (χ4n) is 3.75. The Kier molecular flexibility index (Phi) is 7.09. The molecule has 1 fully saturated rings. The Morgan fingerprint density at radius 3 is 2.16 bits per heavy atom. The predicted octanol–water partition coefficient (Wildman–Crippen LogP) is 7.56. The van der Waals surface area contributed by atoms with Gasteiger partial charge in [-0.15, -0.1) is 0 Å². The van der Waals surface area contributed by atoms with E-state index in [0.29, 0.717) is 19.1 Å². The van der Waals surface area contributed by atoms with E-state index in [-0.39, 0.29) is 16.8 Å². The molecule has 1 aromatic carbocycles. The van der Waals surface area contributed by atoms with E-state index in [0.717, 1.165) is 27.9 Å². The molecule has 0 unspecified atom stereocenters. The molecule has 1 aliphatic carbocycles. The van der Waals surface area contributed by atoms with Gasteiger partial charge in [0.2, 0.25) is 0 Å². The van der Waals surface area contributed by atoms with Crippen LogP contribution in [0, 0.1) is 5.82 Å². The zero-order valence-electron chi connectivity index (χ0n) is 20.4. The maximum Gasteiger partial charge on any atom is 0.192 e. The van der Waals surface area contributed by atoms with Crippen molar-refractivity contribution in [1.29, 1.82) is 0 Å². The summed E-state index contributed by atoms with van der Waals surface area (Å²) in [4.78, 5) is 5.20. The normalized spacial score (nSPS) is 15.0. The largest absolute Gasteiger partial charge is 0.412 e. The average Bonchev–Trinajstić information content (AvgIpc) is 3.51. The maximum atomic E-state index is 13.8. The van der Waals surface area contributed by atoms with Crippen molar-refractivity contribution in [2.75, 3.05) is 7.11 Å². The lowest BCUT2D eigenvalue weighted by atomic mass is 9.89. The van der Waals surface area contributed by atoms with E-state index in [9.17, 15) is 4.39 Å². The number of nitrogens with zero attached hydrogens (tertiary/aromatic N) is 1. The van der Waals surface area contributed by atoms with Gasteiger partial charge in [0, 0.05) is 35.5 Å². The maximum absolute atomic E-state index is 13.8. The van der Waals surface area contributed by atoms with E-state index in [2.05, 4.69) is 47.7 Å². The van der Waals surface area contributed by atoms with Crippen LogP contribution in [0.5, 0.6) is 0 Å². The summed E-state index contributed by atoms with van der Waals surface area (Å²) in [7, 11) is -0.227. The van der Waals surface area contributed by atoms with E-state index in [1.165, 1.54) is 30.7 Å². The van der Waals surface area contributed by atoms with Crippen molar-refractivity contribution in [2.45, 2.75) is 90.6 Å². The van der Waals surface area contributed by atoms with Gasteiger partial charge < -0.3 is 9.16 Å². The van der Waals surface area contributed by atoms with E-state index >= 15 is 0 Å². The summed E-state index contributed by atoms with van der Waals surface area (Å²) < 4.78 is 26.1. The van der Waals surface area contributed by atoms with Gasteiger partial charge in [0.15, 0.2) is 8.32 Å². The third-order valence-electron chi connectivity index (χ3n) is 6.78. The number of hydrogen-bond acceptors (Lipinski definition) is 3. The molecule has 0 saturated heterocycles. The van der Waals surface area contributed by atoms with Crippen molar-refractivity contribution in [3.63, 3.8) is 0 Å². The second kappa shape index (κ2) is 9.12. The number of methoxy groups -OCH3 is 1. The second-order valence-electron chi connectivity index (χ2n) is 10.6. The highest BCUT2D eigenvalue weighted by Crippen LogP contribution is 2.46. The molecule has 0 atom stereocenters. The second-order valence-corrected chi connectivity index (χ2v) is 15.4. The first-order chi connectivity index (χ1) is 14.5. The van der Waals surface area contributed by atoms with E-state index < -0.39 is 8.32 Å². The molecule has 0 N–H and O–H groups in total. The molecule has 1 aliphatic rings. The number of pyridine rings is 1. The van der Waals surface area contributed by atoms with E-state index in [1.807, 2.05) is 12.1 Å². The molecular formula is C26H38FNO2Si. The molecular weight excluding hydrogens is 405 g/mol. The van der Waals surface area contributed by atoms with Crippen LogP contribution in [0.1, 0.15) is 81.8 Å². The molecule has 1 heterocycles. The lowest BCUT2D eigenvalue weighted by molar-refractivity contribution is 0.183. The Hall–Kier alpha value is -1.56. The number of aromatic nitrogens is 1. The van der Waals surface area contributed by atoms with E-state index in [1.54, 1.807) is 7.11 Å². The van der Waals surface area contributed by atoms with Crippen molar-refractivity contribution < 1.29 is 13.6 Å². The SMILES string of the molecule is COCc1c(C(C)C)nc(C2CC2)c(CO[Si](C)(C)C(C)(C)C)c1-c1ccc(F)cc1. The summed E-state index contributed by atoms with van der Waals surface area (Å²) in [6.45, 7) is 16.7. The van der Waals surface area contributed by atoms with Crippen LogP contribution in [0.3, 0.4) is 0 Å². The lowest BCUT2D eigenvalue weighted by Crippen LogP contribution is -2.40. The Morgan fingerprint density at radius 2 is 1.68 bits per heavy atom. The minimum atomic E-state index is -1.95. The molecule has 0 bridgehead atoms. The van der Waals surface area contributed by atoms with Gasteiger partial charge in [0.05, 0.1) is 13.2 Å². The first-order valence-electron chi connectivity index (χ1n) is 11.4. The first kappa shape index (κ1) is 24.1. The van der Waals surface area contributed by atoms with Crippen LogP contribution in [0.15, 0.2) is 24.3 Å². The first-order valence-corrected chi connectivity index (χ1v) is 14.3. The van der Waals surface area contributed by atoms with E-state index in [4.69, 9.17) is 14.1 Å². The number of ether oxygens (including phenoxy) is 1. The Bertz CT molecular complexity index is 912. The van der Waals surface area contributed by atoms with Crippen molar-refractivity contribution >= 4 is 8.32 Å². The minimum Gasteiger partial charge on any atom is -0.412 e. The van der Waals surface area contributed by atoms with Gasteiger partial charge in [0.25, 0.3) is 0 Å². The molecule has 0 aliphatic heterocycles. The van der Waals surface area contributed by atoms with Crippen LogP contribution in [-0.4, -0.2) is 20.4 Å². The smallest absolute Gasteiger partial charge is 0.192 e. The molecule has 1 aromatic heterocycles. The molecule has 5 heteroatoms. The summed E-state index contributed by atoms with van der Waals surface area (Å²) in [5.41, 5.74) is 6.65. The van der Waals surface area contributed by atoms with Crippen molar-refractivity contribution in [3.8, 4) is 11.1 Å². The van der Waals surface area contributed by atoms with Crippen LogP contribution >= 0.6 is 0 Å². The molecule has 0 spiro atoms. The minimum absolute atomic E-state index is 0.128. The lowest BCUT2D eigenvalue weighted by Gasteiger charge is -2.36. The van der Waals surface area contributed by atoms with Gasteiger partial charge in [-0.2, -0.15) is 0 Å². The number of halogens is 1. The van der Waals surface area contributed by atoms with Gasteiger partial charge in [0.1, 0.15) is 5.82 Å². The fourth-order valence-corrected chi connectivity index (χ4v) is 4.68. The highest BCUT2D eigenvalue weighted by Gasteiger charge is 2.38. The van der Waals surface area contributed by atoms with Crippen LogP contribution in [0.25, 0.3) is 11.1 Å². The van der Waals surface area contributed by atoms with Crippen LogP contribution in [0.4, 0.5) is 4.39 Å². The number of benzene rings is 1. The zero-order chi connectivity index (χ0) is 23.0. The summed E-state index contributed by atoms with van der Waals surface area (Å²) in [5, 5.41) is 0.128. The summed E-state index contributed by atoms with van der Waals surface area (Å²) in [6, 6.07) is 6.83. The molecule has 0 radical (unpaired) electrons. The standard InChI is InChI=1S/C26H38FNO2Si/c1-17(2)24-21(15-29-6)23(18-11-13-20(27)14-12-18)22(25(28-24)19-9-10-19)16-30-31(7,8)26(3,4)5/h11-14,17,19H,9-10,15-16H2,1-8H3. The highest BCUT2D eigenvalue weighted by atomic mass is 28.4. The highest BCUT2D eigenvalue weighted by molar-refractivity contribution is 6.74. The molecule has 3 rings (SSSR count). The van der Waals surface area contributed by atoms with Crippen molar-refractivity contribution in [2.24, 2.45) is 0 Å². The summed E-state index contributed by atoms with van der Waals surface area (Å²) in [6.07, 6.45) is 2.34. The quantitative estimate of drug-likeness (QED) is 0.395. The topological polar surface area (TPSA) is 31.4 Å². The Morgan fingerprint density at radius 1 is 1.06 bits per heavy atom. The van der Waals surface area contributed by atoms with Gasteiger partial charge in [-0.05, 0) is 60.2 Å². The Labute approximate surface area is 188 Å². The molecule has 170 valence electrons. The van der Waals surface area contributed by atoms with Gasteiger partial charge in [-0.3, -0.25) is 4.98 Å². The van der Waals surface area contributed by atoms with Crippen molar-refractivity contribution in [3.05, 3.63) is 52.6 Å².